The zero-order valence-electron chi connectivity index (χ0n) is 19.3. The summed E-state index contributed by atoms with van der Waals surface area (Å²) in [5, 5.41) is 5.84. The van der Waals surface area contributed by atoms with Crippen molar-refractivity contribution in [3.05, 3.63) is 35.4 Å². The van der Waals surface area contributed by atoms with Gasteiger partial charge in [0.1, 0.15) is 0 Å². The monoisotopic (exact) mass is 400 g/mol. The molecule has 29 heavy (non-hydrogen) atoms. The van der Waals surface area contributed by atoms with Crippen molar-refractivity contribution in [2.45, 2.75) is 89.9 Å². The summed E-state index contributed by atoms with van der Waals surface area (Å²) in [5.41, 5.74) is 3.04. The maximum atomic E-state index is 11.6. The Hall–Kier alpha value is -1.35. The van der Waals surface area contributed by atoms with E-state index >= 15 is 0 Å². The van der Waals surface area contributed by atoms with Crippen molar-refractivity contribution in [3.63, 3.8) is 0 Å². The normalized spacial score (nSPS) is 22.7. The maximum Gasteiger partial charge on any atom is 0.220 e. The lowest BCUT2D eigenvalue weighted by Crippen LogP contribution is -2.24. The molecule has 164 valence electrons. The smallest absolute Gasteiger partial charge is 0.220 e. The van der Waals surface area contributed by atoms with Gasteiger partial charge in [0.05, 0.1) is 0 Å². The van der Waals surface area contributed by atoms with Crippen molar-refractivity contribution in [2.75, 3.05) is 20.6 Å². The van der Waals surface area contributed by atoms with Crippen molar-refractivity contribution in [1.82, 2.24) is 10.6 Å². The van der Waals surface area contributed by atoms with E-state index in [1.54, 1.807) is 12.6 Å². The van der Waals surface area contributed by atoms with E-state index in [2.05, 4.69) is 48.7 Å². The molecule has 1 aromatic carbocycles. The highest BCUT2D eigenvalue weighted by Gasteiger charge is 2.25. The summed E-state index contributed by atoms with van der Waals surface area (Å²) >= 11 is 0. The number of amides is 1. The number of benzene rings is 1. The van der Waals surface area contributed by atoms with Crippen LogP contribution in [0, 0.1) is 11.8 Å². The molecule has 0 aromatic heterocycles. The van der Waals surface area contributed by atoms with E-state index in [0.29, 0.717) is 18.3 Å². The van der Waals surface area contributed by atoms with Gasteiger partial charge in [0.2, 0.25) is 5.91 Å². The zero-order chi connectivity index (χ0) is 21.1. The molecule has 2 atom stereocenters. The van der Waals surface area contributed by atoms with Crippen LogP contribution in [-0.2, 0) is 4.79 Å². The van der Waals surface area contributed by atoms with Gasteiger partial charge in [-0.25, -0.2) is 0 Å². The van der Waals surface area contributed by atoms with Gasteiger partial charge >= 0.3 is 0 Å². The van der Waals surface area contributed by atoms with Crippen molar-refractivity contribution >= 4 is 5.91 Å². The molecule has 0 aliphatic heterocycles. The minimum Gasteiger partial charge on any atom is -0.359 e. The molecular weight excluding hydrogens is 356 g/mol. The number of hydrogen-bond acceptors (Lipinski definition) is 2. The molecule has 2 unspecified atom stereocenters. The van der Waals surface area contributed by atoms with E-state index in [9.17, 15) is 4.79 Å². The molecule has 2 aliphatic carbocycles. The first-order valence-electron chi connectivity index (χ1n) is 12.0. The third-order valence-electron chi connectivity index (χ3n) is 6.63. The molecule has 1 amide bonds. The van der Waals surface area contributed by atoms with Crippen LogP contribution < -0.4 is 10.6 Å². The summed E-state index contributed by atoms with van der Waals surface area (Å²) in [6.45, 7) is 5.51. The van der Waals surface area contributed by atoms with E-state index in [4.69, 9.17) is 0 Å². The Bertz CT molecular complexity index is 575. The number of carbonyl (C=O) groups excluding carboxylic acids is 1. The van der Waals surface area contributed by atoms with Crippen LogP contribution in [-0.4, -0.2) is 26.5 Å². The van der Waals surface area contributed by atoms with Crippen molar-refractivity contribution < 1.29 is 4.79 Å². The highest BCUT2D eigenvalue weighted by molar-refractivity contribution is 5.75. The summed E-state index contributed by atoms with van der Waals surface area (Å²) in [7, 11) is 3.71. The third-order valence-corrected chi connectivity index (χ3v) is 6.63. The summed E-state index contributed by atoms with van der Waals surface area (Å²) in [5.74, 6) is 2.99. The van der Waals surface area contributed by atoms with Gasteiger partial charge in [-0.2, -0.15) is 0 Å². The van der Waals surface area contributed by atoms with Gasteiger partial charge in [-0.3, -0.25) is 4.79 Å². The maximum absolute atomic E-state index is 11.6. The van der Waals surface area contributed by atoms with E-state index in [1.807, 2.05) is 7.05 Å². The number of hydrogen-bond donors (Lipinski definition) is 2. The van der Waals surface area contributed by atoms with Crippen molar-refractivity contribution in [1.29, 1.82) is 0 Å². The van der Waals surface area contributed by atoms with Crippen LogP contribution in [0.5, 0.6) is 0 Å². The van der Waals surface area contributed by atoms with Gasteiger partial charge in [-0.15, -0.1) is 0 Å². The third kappa shape index (κ3) is 8.50. The molecule has 0 saturated heterocycles. The van der Waals surface area contributed by atoms with Gasteiger partial charge in [-0.05, 0) is 80.5 Å². The minimum absolute atomic E-state index is 0.197. The first-order valence-corrected chi connectivity index (χ1v) is 12.0. The summed E-state index contributed by atoms with van der Waals surface area (Å²) in [6.07, 6.45) is 12.6. The van der Waals surface area contributed by atoms with Gasteiger partial charge in [-0.1, -0.05) is 63.8 Å². The quantitative estimate of drug-likeness (QED) is 0.614. The van der Waals surface area contributed by atoms with E-state index in [0.717, 1.165) is 18.4 Å². The Kier molecular flexibility index (Phi) is 10.8. The lowest BCUT2D eigenvalue weighted by Gasteiger charge is -2.29. The highest BCUT2D eigenvalue weighted by atomic mass is 16.1. The van der Waals surface area contributed by atoms with Gasteiger partial charge < -0.3 is 10.6 Å². The molecule has 3 rings (SSSR count). The molecule has 2 N–H and O–H groups in total. The summed E-state index contributed by atoms with van der Waals surface area (Å²) < 4.78 is 0. The summed E-state index contributed by atoms with van der Waals surface area (Å²) in [6, 6.07) is 9.51. The molecule has 0 heterocycles. The Morgan fingerprint density at radius 3 is 2.00 bits per heavy atom. The minimum atomic E-state index is 0.197. The standard InChI is InChI=1S/C21H31NO.C5H13N/c1-22-21(23)15-16-6-5-9-20(14-16)19-12-10-18(11-13-19)17-7-3-2-4-8-17;1-5(2)4-6-3/h10-13,16-17,20H,2-9,14-15H2,1H3,(H,22,23);5-6H,4H2,1-3H3. The molecule has 0 spiro atoms. The molecular formula is C26H44N2O. The predicted octanol–water partition coefficient (Wildman–Crippen LogP) is 6.01. The van der Waals surface area contributed by atoms with Crippen LogP contribution in [0.4, 0.5) is 0 Å². The zero-order valence-corrected chi connectivity index (χ0v) is 19.3. The highest BCUT2D eigenvalue weighted by Crippen LogP contribution is 2.39. The summed E-state index contributed by atoms with van der Waals surface area (Å²) in [4.78, 5) is 11.6. The first kappa shape index (κ1) is 23.9. The van der Waals surface area contributed by atoms with Gasteiger partial charge in [0.15, 0.2) is 0 Å². The van der Waals surface area contributed by atoms with Crippen molar-refractivity contribution in [3.8, 4) is 0 Å². The average Bonchev–Trinajstić information content (AvgIpc) is 2.75. The molecule has 3 heteroatoms. The fourth-order valence-electron chi connectivity index (χ4n) is 5.03. The van der Waals surface area contributed by atoms with Gasteiger partial charge in [0, 0.05) is 13.5 Å². The molecule has 0 radical (unpaired) electrons. The Labute approximate surface area is 179 Å². The average molecular weight is 401 g/mol. The fraction of sp³-hybridized carbons (Fsp3) is 0.731. The lowest BCUT2D eigenvalue weighted by molar-refractivity contribution is -0.121. The molecule has 2 aliphatic rings. The SMILES string of the molecule is CNC(=O)CC1CCCC(c2ccc(C3CCCCC3)cc2)C1.CNCC(C)C. The van der Waals surface area contributed by atoms with Crippen LogP contribution in [0.1, 0.15) is 101 Å². The van der Waals surface area contributed by atoms with Crippen LogP contribution in [0.3, 0.4) is 0 Å². The number of rotatable bonds is 6. The van der Waals surface area contributed by atoms with Gasteiger partial charge in [0.25, 0.3) is 0 Å². The molecule has 0 bridgehead atoms. The van der Waals surface area contributed by atoms with E-state index < -0.39 is 0 Å². The number of carbonyl (C=O) groups is 1. The van der Waals surface area contributed by atoms with Crippen LogP contribution in [0.15, 0.2) is 24.3 Å². The molecule has 2 saturated carbocycles. The second-order valence-corrected chi connectivity index (χ2v) is 9.56. The molecule has 3 nitrogen and oxygen atoms in total. The molecule has 1 aromatic rings. The Morgan fingerprint density at radius 1 is 0.897 bits per heavy atom. The second-order valence-electron chi connectivity index (χ2n) is 9.56. The van der Waals surface area contributed by atoms with Crippen LogP contribution >= 0.6 is 0 Å². The fourth-order valence-corrected chi connectivity index (χ4v) is 5.03. The predicted molar refractivity (Wildman–Crippen MR) is 124 cm³/mol. The largest absolute Gasteiger partial charge is 0.359 e. The molecule has 2 fully saturated rings. The first-order chi connectivity index (χ1) is 14.0. The van der Waals surface area contributed by atoms with Crippen LogP contribution in [0.2, 0.25) is 0 Å². The Morgan fingerprint density at radius 2 is 1.48 bits per heavy atom. The number of nitrogens with one attached hydrogen (secondary N) is 2. The van der Waals surface area contributed by atoms with Crippen LogP contribution in [0.25, 0.3) is 0 Å². The lowest BCUT2D eigenvalue weighted by atomic mass is 9.76. The van der Waals surface area contributed by atoms with E-state index in [1.165, 1.54) is 63.4 Å². The van der Waals surface area contributed by atoms with Crippen molar-refractivity contribution in [2.24, 2.45) is 11.8 Å². The van der Waals surface area contributed by atoms with E-state index in [-0.39, 0.29) is 5.91 Å². The Balaban J connectivity index is 0.000000438. The topological polar surface area (TPSA) is 41.1 Å². The second kappa shape index (κ2) is 13.1.